The highest BCUT2D eigenvalue weighted by Crippen LogP contribution is 2.27. The van der Waals surface area contributed by atoms with Crippen LogP contribution in [0.2, 0.25) is 0 Å². The van der Waals surface area contributed by atoms with Crippen LogP contribution in [0.5, 0.6) is 0 Å². The molecule has 0 N–H and O–H groups in total. The van der Waals surface area contributed by atoms with E-state index in [-0.39, 0.29) is 11.9 Å². The average Bonchev–Trinajstić information content (AvgIpc) is 2.49. The zero-order valence-electron chi connectivity index (χ0n) is 9.08. The van der Waals surface area contributed by atoms with E-state index in [1.165, 1.54) is 0 Å². The fraction of sp³-hybridized carbons (Fsp3) is 0.800. The Kier molecular flexibility index (Phi) is 3.97. The second-order valence-corrected chi connectivity index (χ2v) is 6.37. The van der Waals surface area contributed by atoms with Crippen molar-refractivity contribution in [3.8, 4) is 0 Å². The standard InChI is InChI=1S/C10H15IO4/c1-4-10(3,11)9(13)15-7-6(2)5-14-8(7)12/h6-7H,4-5H2,1-3H3. The largest absolute Gasteiger partial charge is 0.462 e. The second kappa shape index (κ2) is 4.67. The first-order chi connectivity index (χ1) is 6.88. The summed E-state index contributed by atoms with van der Waals surface area (Å²) in [6.45, 7) is 5.87. The molecular formula is C10H15IO4. The monoisotopic (exact) mass is 326 g/mol. The maximum atomic E-state index is 11.7. The maximum absolute atomic E-state index is 11.7. The molecule has 0 aromatic carbocycles. The number of carbonyl (C=O) groups is 2. The van der Waals surface area contributed by atoms with Crippen LogP contribution in [-0.4, -0.2) is 28.1 Å². The van der Waals surface area contributed by atoms with Gasteiger partial charge >= 0.3 is 11.9 Å². The van der Waals surface area contributed by atoms with Crippen LogP contribution in [0.1, 0.15) is 27.2 Å². The highest BCUT2D eigenvalue weighted by atomic mass is 127. The molecule has 0 bridgehead atoms. The summed E-state index contributed by atoms with van der Waals surface area (Å²) in [5.74, 6) is -0.828. The van der Waals surface area contributed by atoms with Crippen molar-refractivity contribution >= 4 is 34.5 Å². The smallest absolute Gasteiger partial charge is 0.347 e. The Bertz CT molecular complexity index is 275. The van der Waals surface area contributed by atoms with E-state index >= 15 is 0 Å². The number of halogens is 1. The lowest BCUT2D eigenvalue weighted by Gasteiger charge is -2.21. The highest BCUT2D eigenvalue weighted by molar-refractivity contribution is 14.1. The first-order valence-corrected chi connectivity index (χ1v) is 6.03. The van der Waals surface area contributed by atoms with Crippen LogP contribution in [0.4, 0.5) is 0 Å². The lowest BCUT2D eigenvalue weighted by Crippen LogP contribution is -2.36. The Hall–Kier alpha value is -0.330. The zero-order chi connectivity index (χ0) is 11.6. The minimum absolute atomic E-state index is 0.0505. The van der Waals surface area contributed by atoms with Crippen LogP contribution in [0, 0.1) is 5.92 Å². The summed E-state index contributed by atoms with van der Waals surface area (Å²) in [4.78, 5) is 22.9. The van der Waals surface area contributed by atoms with E-state index in [9.17, 15) is 9.59 Å². The molecule has 1 fully saturated rings. The third-order valence-corrected chi connectivity index (χ3v) is 3.76. The first-order valence-electron chi connectivity index (χ1n) is 4.95. The molecule has 1 aliphatic heterocycles. The number of esters is 2. The summed E-state index contributed by atoms with van der Waals surface area (Å²) in [6, 6.07) is 0. The van der Waals surface area contributed by atoms with E-state index in [2.05, 4.69) is 0 Å². The number of rotatable bonds is 3. The van der Waals surface area contributed by atoms with Crippen LogP contribution in [0.15, 0.2) is 0 Å². The van der Waals surface area contributed by atoms with E-state index in [0.717, 1.165) is 0 Å². The van der Waals surface area contributed by atoms with E-state index in [4.69, 9.17) is 9.47 Å². The van der Waals surface area contributed by atoms with Crippen molar-refractivity contribution in [3.05, 3.63) is 0 Å². The Labute approximate surface area is 103 Å². The van der Waals surface area contributed by atoms with Gasteiger partial charge in [-0.05, 0) is 13.3 Å². The molecule has 0 aromatic heterocycles. The van der Waals surface area contributed by atoms with Gasteiger partial charge in [0.1, 0.15) is 3.42 Å². The van der Waals surface area contributed by atoms with Crippen molar-refractivity contribution in [2.45, 2.75) is 36.7 Å². The first kappa shape index (κ1) is 12.7. The van der Waals surface area contributed by atoms with Gasteiger partial charge in [-0.2, -0.15) is 0 Å². The number of carbonyl (C=O) groups excluding carboxylic acids is 2. The second-order valence-electron chi connectivity index (χ2n) is 3.98. The SMILES string of the molecule is CCC(C)(I)C(=O)OC1C(=O)OCC1C. The fourth-order valence-electron chi connectivity index (χ4n) is 1.16. The molecule has 0 spiro atoms. The van der Waals surface area contributed by atoms with Crippen LogP contribution in [-0.2, 0) is 19.1 Å². The van der Waals surface area contributed by atoms with Gasteiger partial charge in [0.05, 0.1) is 6.61 Å². The van der Waals surface area contributed by atoms with Crippen molar-refractivity contribution in [3.63, 3.8) is 0 Å². The lowest BCUT2D eigenvalue weighted by atomic mass is 10.1. The molecule has 1 saturated heterocycles. The number of cyclic esters (lactones) is 1. The fourth-order valence-corrected chi connectivity index (χ4v) is 1.29. The molecule has 4 nitrogen and oxygen atoms in total. The van der Waals surface area contributed by atoms with Gasteiger partial charge in [-0.1, -0.05) is 36.4 Å². The maximum Gasteiger partial charge on any atom is 0.347 e. The van der Waals surface area contributed by atoms with E-state index < -0.39 is 15.5 Å². The molecule has 0 radical (unpaired) electrons. The Morgan fingerprint density at radius 3 is 2.73 bits per heavy atom. The molecule has 5 heteroatoms. The third-order valence-electron chi connectivity index (χ3n) is 2.56. The van der Waals surface area contributed by atoms with E-state index in [1.807, 2.05) is 36.4 Å². The predicted molar refractivity (Wildman–Crippen MR) is 62.7 cm³/mol. The van der Waals surface area contributed by atoms with Crippen molar-refractivity contribution in [2.75, 3.05) is 6.61 Å². The molecule has 0 aromatic rings. The molecule has 0 aliphatic carbocycles. The predicted octanol–water partition coefficient (Wildman–Crippen LogP) is 1.69. The van der Waals surface area contributed by atoms with Crippen molar-refractivity contribution < 1.29 is 19.1 Å². The van der Waals surface area contributed by atoms with Gasteiger partial charge in [0.15, 0.2) is 0 Å². The molecular weight excluding hydrogens is 311 g/mol. The topological polar surface area (TPSA) is 52.6 Å². The van der Waals surface area contributed by atoms with Crippen molar-refractivity contribution in [1.82, 2.24) is 0 Å². The van der Waals surface area contributed by atoms with Crippen LogP contribution in [0.3, 0.4) is 0 Å². The van der Waals surface area contributed by atoms with Gasteiger partial charge in [0.2, 0.25) is 6.10 Å². The molecule has 1 aliphatic rings. The van der Waals surface area contributed by atoms with Gasteiger partial charge in [-0.25, -0.2) is 4.79 Å². The van der Waals surface area contributed by atoms with Crippen LogP contribution >= 0.6 is 22.6 Å². The summed E-state index contributed by atoms with van der Waals surface area (Å²) in [5, 5.41) is 0. The molecule has 15 heavy (non-hydrogen) atoms. The molecule has 86 valence electrons. The number of hydrogen-bond donors (Lipinski definition) is 0. The minimum Gasteiger partial charge on any atom is -0.462 e. The van der Waals surface area contributed by atoms with Gasteiger partial charge in [-0.15, -0.1) is 0 Å². The summed E-state index contributed by atoms with van der Waals surface area (Å²) < 4.78 is 9.41. The molecule has 0 saturated carbocycles. The van der Waals surface area contributed by atoms with Gasteiger partial charge in [-0.3, -0.25) is 4.79 Å². The molecule has 3 unspecified atom stereocenters. The summed E-state index contributed by atoms with van der Waals surface area (Å²) in [6.07, 6.45) is -0.0548. The van der Waals surface area contributed by atoms with E-state index in [1.54, 1.807) is 6.92 Å². The van der Waals surface area contributed by atoms with Gasteiger partial charge < -0.3 is 9.47 Å². The Balaban J connectivity index is 2.62. The number of hydrogen-bond acceptors (Lipinski definition) is 4. The average molecular weight is 326 g/mol. The van der Waals surface area contributed by atoms with Crippen LogP contribution in [0.25, 0.3) is 0 Å². The summed E-state index contributed by atoms with van der Waals surface area (Å²) in [5.41, 5.74) is 0. The quantitative estimate of drug-likeness (QED) is 0.450. The Morgan fingerprint density at radius 2 is 2.33 bits per heavy atom. The summed E-state index contributed by atoms with van der Waals surface area (Å²) in [7, 11) is 0. The third kappa shape index (κ3) is 2.83. The molecule has 1 rings (SSSR count). The highest BCUT2D eigenvalue weighted by Gasteiger charge is 2.40. The van der Waals surface area contributed by atoms with Crippen LogP contribution < -0.4 is 0 Å². The molecule has 0 amide bonds. The normalized spacial score (nSPS) is 29.5. The van der Waals surface area contributed by atoms with Crippen molar-refractivity contribution in [2.24, 2.45) is 5.92 Å². The number of alkyl halides is 1. The molecule has 1 heterocycles. The lowest BCUT2D eigenvalue weighted by molar-refractivity contribution is -0.162. The van der Waals surface area contributed by atoms with E-state index in [0.29, 0.717) is 13.0 Å². The molecule has 3 atom stereocenters. The van der Waals surface area contributed by atoms with Gasteiger partial charge in [0.25, 0.3) is 0 Å². The summed E-state index contributed by atoms with van der Waals surface area (Å²) >= 11 is 2.04. The van der Waals surface area contributed by atoms with Gasteiger partial charge in [0, 0.05) is 5.92 Å². The Morgan fingerprint density at radius 1 is 1.73 bits per heavy atom. The van der Waals surface area contributed by atoms with Crippen molar-refractivity contribution in [1.29, 1.82) is 0 Å². The number of ether oxygens (including phenoxy) is 2. The minimum atomic E-state index is -0.724. The zero-order valence-corrected chi connectivity index (χ0v) is 11.2.